The number of nitrogens with one attached hydrogen (secondary N) is 1. The number of methoxy groups -OCH3 is 1. The monoisotopic (exact) mass is 233 g/mol. The van der Waals surface area contributed by atoms with Crippen LogP contribution < -0.4 is 4.90 Å². The molecule has 17 heavy (non-hydrogen) atoms. The van der Waals surface area contributed by atoms with E-state index in [1.165, 1.54) is 18.1 Å². The Morgan fingerprint density at radius 1 is 1.76 bits per heavy atom. The molecule has 88 valence electrons. The van der Waals surface area contributed by atoms with Crippen LogP contribution in [0.4, 0.5) is 5.82 Å². The van der Waals surface area contributed by atoms with E-state index in [0.717, 1.165) is 0 Å². The topological polar surface area (TPSA) is 75.3 Å². The molecule has 1 aromatic rings. The van der Waals surface area contributed by atoms with Gasteiger partial charge < -0.3 is 4.74 Å². The van der Waals surface area contributed by atoms with Gasteiger partial charge in [-0.2, -0.15) is 5.10 Å². The molecule has 1 N–H and O–H groups in total. The van der Waals surface area contributed by atoms with Crippen LogP contribution in [0.15, 0.2) is 6.07 Å². The first kappa shape index (κ1) is 11.2. The van der Waals surface area contributed by atoms with Crippen LogP contribution in [0.2, 0.25) is 0 Å². The number of nitrogens with zero attached hydrogens (tertiary/aromatic N) is 2. The molecule has 1 aliphatic heterocycles. The van der Waals surface area contributed by atoms with E-state index in [2.05, 4.69) is 20.9 Å². The van der Waals surface area contributed by atoms with Crippen LogP contribution >= 0.6 is 0 Å². The van der Waals surface area contributed by atoms with Crippen LogP contribution in [0.1, 0.15) is 16.9 Å². The standard InChI is InChI=1S/C11H11N3O3/c1-3-7-4-10(15)14(6-7)9-5-8(12-13-9)11(16)17-2/h1,5,7H,4,6H2,2H3,(H,12,13). The number of terminal acetylenes is 1. The normalized spacial score (nSPS) is 19.2. The maximum absolute atomic E-state index is 11.7. The van der Waals surface area contributed by atoms with E-state index in [9.17, 15) is 9.59 Å². The Bertz CT molecular complexity index is 500. The SMILES string of the molecule is C#CC1CC(=O)N(c2cc(C(=O)OC)[nH]n2)C1. The highest BCUT2D eigenvalue weighted by Crippen LogP contribution is 2.23. The van der Waals surface area contributed by atoms with Gasteiger partial charge in [0, 0.05) is 24.9 Å². The molecule has 2 heterocycles. The van der Waals surface area contributed by atoms with E-state index in [4.69, 9.17) is 6.42 Å². The summed E-state index contributed by atoms with van der Waals surface area (Å²) in [5, 5.41) is 6.41. The largest absolute Gasteiger partial charge is 0.464 e. The Kier molecular flexibility index (Phi) is 2.83. The van der Waals surface area contributed by atoms with Crippen molar-refractivity contribution in [3.63, 3.8) is 0 Å². The first-order chi connectivity index (χ1) is 8.15. The molecule has 0 radical (unpaired) electrons. The Balaban J connectivity index is 2.19. The van der Waals surface area contributed by atoms with Gasteiger partial charge in [0.1, 0.15) is 5.69 Å². The van der Waals surface area contributed by atoms with E-state index < -0.39 is 5.97 Å². The Labute approximate surface area is 97.9 Å². The summed E-state index contributed by atoms with van der Waals surface area (Å²) in [6.45, 7) is 0.431. The fourth-order valence-electron chi connectivity index (χ4n) is 1.70. The molecule has 0 aromatic carbocycles. The van der Waals surface area contributed by atoms with Crippen LogP contribution in [-0.4, -0.2) is 35.7 Å². The third-order valence-corrected chi connectivity index (χ3v) is 2.61. The van der Waals surface area contributed by atoms with Crippen molar-refractivity contribution in [2.45, 2.75) is 6.42 Å². The zero-order valence-corrected chi connectivity index (χ0v) is 9.27. The van der Waals surface area contributed by atoms with E-state index in [-0.39, 0.29) is 17.5 Å². The van der Waals surface area contributed by atoms with Crippen molar-refractivity contribution in [1.82, 2.24) is 10.2 Å². The second-order valence-electron chi connectivity index (χ2n) is 3.70. The first-order valence-corrected chi connectivity index (χ1v) is 5.06. The van der Waals surface area contributed by atoms with E-state index in [0.29, 0.717) is 18.8 Å². The van der Waals surface area contributed by atoms with Gasteiger partial charge in [0.25, 0.3) is 0 Å². The minimum absolute atomic E-state index is 0.0872. The average molecular weight is 233 g/mol. The third kappa shape index (κ3) is 1.99. The van der Waals surface area contributed by atoms with Crippen molar-refractivity contribution < 1.29 is 14.3 Å². The number of esters is 1. The van der Waals surface area contributed by atoms with Crippen molar-refractivity contribution in [1.29, 1.82) is 0 Å². The van der Waals surface area contributed by atoms with Crippen LogP contribution in [0.3, 0.4) is 0 Å². The number of anilines is 1. The predicted molar refractivity (Wildman–Crippen MR) is 59.2 cm³/mol. The lowest BCUT2D eigenvalue weighted by atomic mass is 10.1. The summed E-state index contributed by atoms with van der Waals surface area (Å²) in [5.41, 5.74) is 0.208. The summed E-state index contributed by atoms with van der Waals surface area (Å²) in [5.74, 6) is 2.23. The number of rotatable bonds is 2. The molecule has 1 amide bonds. The molecule has 1 saturated heterocycles. The van der Waals surface area contributed by atoms with Crippen molar-refractivity contribution in [2.75, 3.05) is 18.6 Å². The predicted octanol–water partition coefficient (Wildman–Crippen LogP) is 0.182. The highest BCUT2D eigenvalue weighted by molar-refractivity contribution is 5.96. The number of H-pyrrole nitrogens is 1. The van der Waals surface area contributed by atoms with Gasteiger partial charge >= 0.3 is 5.97 Å². The summed E-state index contributed by atoms with van der Waals surface area (Å²) in [7, 11) is 1.28. The molecular weight excluding hydrogens is 222 g/mol. The number of carbonyl (C=O) groups is 2. The third-order valence-electron chi connectivity index (χ3n) is 2.61. The van der Waals surface area contributed by atoms with Crippen LogP contribution in [0.5, 0.6) is 0 Å². The molecule has 0 bridgehead atoms. The number of ether oxygens (including phenoxy) is 1. The Hall–Kier alpha value is -2.29. The van der Waals surface area contributed by atoms with Crippen molar-refractivity contribution in [3.05, 3.63) is 11.8 Å². The maximum atomic E-state index is 11.7. The lowest BCUT2D eigenvalue weighted by Gasteiger charge is -2.10. The molecule has 1 atom stereocenters. The summed E-state index contributed by atoms with van der Waals surface area (Å²) < 4.78 is 4.54. The minimum atomic E-state index is -0.524. The van der Waals surface area contributed by atoms with E-state index in [1.807, 2.05) is 0 Å². The average Bonchev–Trinajstić information content (AvgIpc) is 2.94. The number of aromatic nitrogens is 2. The number of carbonyl (C=O) groups excluding carboxylic acids is 2. The second-order valence-corrected chi connectivity index (χ2v) is 3.70. The first-order valence-electron chi connectivity index (χ1n) is 5.06. The minimum Gasteiger partial charge on any atom is -0.464 e. The van der Waals surface area contributed by atoms with Gasteiger partial charge in [0.05, 0.1) is 7.11 Å². The molecule has 1 aliphatic rings. The van der Waals surface area contributed by atoms with E-state index >= 15 is 0 Å². The molecule has 0 saturated carbocycles. The lowest BCUT2D eigenvalue weighted by Crippen LogP contribution is -2.24. The van der Waals surface area contributed by atoms with Gasteiger partial charge in [-0.05, 0) is 0 Å². The fourth-order valence-corrected chi connectivity index (χ4v) is 1.70. The van der Waals surface area contributed by atoms with E-state index in [1.54, 1.807) is 0 Å². The zero-order valence-electron chi connectivity index (χ0n) is 9.27. The number of amides is 1. The van der Waals surface area contributed by atoms with Gasteiger partial charge in [-0.25, -0.2) is 4.79 Å². The molecule has 1 fully saturated rings. The summed E-state index contributed by atoms with van der Waals surface area (Å²) >= 11 is 0. The summed E-state index contributed by atoms with van der Waals surface area (Å²) in [6, 6.07) is 1.47. The Morgan fingerprint density at radius 2 is 2.53 bits per heavy atom. The highest BCUT2D eigenvalue weighted by atomic mass is 16.5. The number of hydrogen-bond acceptors (Lipinski definition) is 4. The lowest BCUT2D eigenvalue weighted by molar-refractivity contribution is -0.117. The van der Waals surface area contributed by atoms with Crippen molar-refractivity contribution >= 4 is 17.7 Å². The molecule has 6 heteroatoms. The second kappa shape index (κ2) is 4.29. The van der Waals surface area contributed by atoms with Crippen molar-refractivity contribution in [3.8, 4) is 12.3 Å². The fraction of sp³-hybridized carbons (Fsp3) is 0.364. The van der Waals surface area contributed by atoms with Crippen LogP contribution in [0.25, 0.3) is 0 Å². The molecule has 1 aromatic heterocycles. The van der Waals surface area contributed by atoms with Gasteiger partial charge in [0.2, 0.25) is 5.91 Å². The van der Waals surface area contributed by atoms with Gasteiger partial charge in [-0.1, -0.05) is 0 Å². The highest BCUT2D eigenvalue weighted by Gasteiger charge is 2.31. The van der Waals surface area contributed by atoms with Gasteiger partial charge in [-0.3, -0.25) is 14.8 Å². The molecule has 0 aliphatic carbocycles. The molecule has 1 unspecified atom stereocenters. The zero-order chi connectivity index (χ0) is 12.4. The Morgan fingerprint density at radius 3 is 3.12 bits per heavy atom. The molecular formula is C11H11N3O3. The molecule has 2 rings (SSSR count). The summed E-state index contributed by atoms with van der Waals surface area (Å²) in [4.78, 5) is 24.3. The van der Waals surface area contributed by atoms with Crippen LogP contribution in [0, 0.1) is 18.3 Å². The molecule has 6 nitrogen and oxygen atoms in total. The molecule has 0 spiro atoms. The van der Waals surface area contributed by atoms with Crippen LogP contribution in [-0.2, 0) is 9.53 Å². The number of aromatic amines is 1. The van der Waals surface area contributed by atoms with Gasteiger partial charge in [-0.15, -0.1) is 12.3 Å². The maximum Gasteiger partial charge on any atom is 0.356 e. The smallest absolute Gasteiger partial charge is 0.356 e. The quantitative estimate of drug-likeness (QED) is 0.584. The number of hydrogen-bond donors (Lipinski definition) is 1. The van der Waals surface area contributed by atoms with Crippen molar-refractivity contribution in [2.24, 2.45) is 5.92 Å². The summed E-state index contributed by atoms with van der Waals surface area (Å²) in [6.07, 6.45) is 5.60. The van der Waals surface area contributed by atoms with Gasteiger partial charge in [0.15, 0.2) is 5.82 Å².